The molecule has 0 saturated heterocycles. The maximum atomic E-state index is 11.8. The summed E-state index contributed by atoms with van der Waals surface area (Å²) in [5.41, 5.74) is 3.11. The summed E-state index contributed by atoms with van der Waals surface area (Å²) in [6, 6.07) is 4.84. The fourth-order valence-electron chi connectivity index (χ4n) is 2.53. The molecule has 0 aliphatic carbocycles. The normalized spacial score (nSPS) is 13.0. The van der Waals surface area contributed by atoms with Gasteiger partial charge in [-0.1, -0.05) is 11.8 Å². The van der Waals surface area contributed by atoms with Crippen molar-refractivity contribution in [1.82, 2.24) is 15.0 Å². The first-order chi connectivity index (χ1) is 13.7. The number of fused-ring (bicyclic) bond motifs is 1. The highest BCUT2D eigenvalue weighted by molar-refractivity contribution is 7.98. The van der Waals surface area contributed by atoms with E-state index in [0.717, 1.165) is 11.3 Å². The summed E-state index contributed by atoms with van der Waals surface area (Å²) in [6.45, 7) is 1.82. The Hall–Kier alpha value is -2.74. The predicted molar refractivity (Wildman–Crippen MR) is 99.1 cm³/mol. The minimum Gasteiger partial charge on any atom is -0.497 e. The summed E-state index contributed by atoms with van der Waals surface area (Å²) in [5, 5.41) is 0.642. The largest absolute Gasteiger partial charge is 0.497 e. The van der Waals surface area contributed by atoms with Gasteiger partial charge in [0, 0.05) is 23.6 Å². The molecule has 3 rings (SSSR count). The van der Waals surface area contributed by atoms with Crippen LogP contribution in [0.1, 0.15) is 25.7 Å². The molecule has 1 N–H and O–H groups in total. The van der Waals surface area contributed by atoms with Crippen molar-refractivity contribution in [3.05, 3.63) is 41.2 Å². The topological polar surface area (TPSA) is 86.3 Å². The lowest BCUT2D eigenvalue weighted by molar-refractivity contribution is 0.0596. The van der Waals surface area contributed by atoms with Crippen molar-refractivity contribution in [3.8, 4) is 11.5 Å². The number of hydrogen-bond donors (Lipinski definition) is 1. The second kappa shape index (κ2) is 7.65. The van der Waals surface area contributed by atoms with Crippen LogP contribution in [-0.2, 0) is 10.5 Å². The highest BCUT2D eigenvalue weighted by Crippen LogP contribution is 2.30. The lowest BCUT2D eigenvalue weighted by atomic mass is 10.1. The van der Waals surface area contributed by atoms with Gasteiger partial charge in [0.1, 0.15) is 17.1 Å². The van der Waals surface area contributed by atoms with Crippen LogP contribution in [0.4, 0.5) is 0 Å². The molecule has 26 heavy (non-hydrogen) atoms. The van der Waals surface area contributed by atoms with E-state index in [1.165, 1.54) is 32.2 Å². The van der Waals surface area contributed by atoms with Gasteiger partial charge in [0.15, 0.2) is 5.16 Å². The van der Waals surface area contributed by atoms with Crippen LogP contribution in [0.5, 0.6) is 11.5 Å². The Morgan fingerprint density at radius 2 is 2.19 bits per heavy atom. The molecule has 136 valence electrons. The monoisotopic (exact) mass is 376 g/mol. The van der Waals surface area contributed by atoms with E-state index in [4.69, 9.17) is 18.3 Å². The molecule has 8 heteroatoms. The maximum absolute atomic E-state index is 11.8. The summed E-state index contributed by atoms with van der Waals surface area (Å²) in [4.78, 5) is 23.8. The molecular weight excluding hydrogens is 354 g/mol. The molecule has 0 atom stereocenters. The van der Waals surface area contributed by atoms with E-state index in [2.05, 4.69) is 15.0 Å². The minimum absolute atomic E-state index is 0.235. The SMILES string of the molecule is [2H]C([2H])([2H])Oc1ccc2nc(SCc3ncc(C(=O)OC)c(OC)c3C)[nH]c2c1. The first kappa shape index (κ1) is 14.4. The van der Waals surface area contributed by atoms with Crippen LogP contribution in [0.2, 0.25) is 0 Å². The number of esters is 1. The third-order valence-corrected chi connectivity index (χ3v) is 4.76. The zero-order chi connectivity index (χ0) is 21.2. The van der Waals surface area contributed by atoms with Gasteiger partial charge in [-0.15, -0.1) is 0 Å². The van der Waals surface area contributed by atoms with E-state index in [1.807, 2.05) is 6.92 Å². The number of carbonyl (C=O) groups excluding carboxylic acids is 1. The lowest BCUT2D eigenvalue weighted by Gasteiger charge is -2.12. The number of benzene rings is 1. The Morgan fingerprint density at radius 3 is 2.92 bits per heavy atom. The molecule has 3 aromatic rings. The van der Waals surface area contributed by atoms with Crippen LogP contribution in [0.3, 0.4) is 0 Å². The van der Waals surface area contributed by atoms with Crippen LogP contribution >= 0.6 is 11.8 Å². The number of ether oxygens (including phenoxy) is 3. The van der Waals surface area contributed by atoms with E-state index >= 15 is 0 Å². The molecule has 0 fully saturated rings. The third kappa shape index (κ3) is 3.45. The fraction of sp³-hybridized carbons (Fsp3) is 0.278. The molecule has 1 aromatic carbocycles. The molecule has 0 aliphatic heterocycles. The quantitative estimate of drug-likeness (QED) is 0.521. The van der Waals surface area contributed by atoms with Crippen molar-refractivity contribution >= 4 is 28.8 Å². The average Bonchev–Trinajstić information content (AvgIpc) is 3.07. The standard InChI is InChI=1S/C18H19N3O4S/c1-10-15(19-8-12(16(10)24-3)17(22)25-4)9-26-18-20-13-6-5-11(23-2)7-14(13)21-18/h5-8H,9H2,1-4H3,(H,20,21)/i2D3. The van der Waals surface area contributed by atoms with Crippen LogP contribution < -0.4 is 9.47 Å². The number of nitrogens with one attached hydrogen (secondary N) is 1. The van der Waals surface area contributed by atoms with Crippen molar-refractivity contribution in [1.29, 1.82) is 0 Å². The zero-order valence-electron chi connectivity index (χ0n) is 17.5. The van der Waals surface area contributed by atoms with Gasteiger partial charge in [-0.25, -0.2) is 9.78 Å². The number of nitrogens with zero attached hydrogens (tertiary/aromatic N) is 2. The predicted octanol–water partition coefficient (Wildman–Crippen LogP) is 3.36. The number of H-pyrrole nitrogens is 1. The van der Waals surface area contributed by atoms with Crippen LogP contribution in [-0.4, -0.2) is 42.2 Å². The van der Waals surface area contributed by atoms with E-state index in [9.17, 15) is 4.79 Å². The molecule has 0 aliphatic rings. The van der Waals surface area contributed by atoms with Crippen LogP contribution in [0.15, 0.2) is 29.6 Å². The van der Waals surface area contributed by atoms with Crippen molar-refractivity contribution in [2.24, 2.45) is 0 Å². The summed E-state index contributed by atoms with van der Waals surface area (Å²) in [6.07, 6.45) is 1.44. The van der Waals surface area contributed by atoms with E-state index in [-0.39, 0.29) is 11.3 Å². The smallest absolute Gasteiger partial charge is 0.343 e. The first-order valence-corrected chi connectivity index (χ1v) is 8.62. The Morgan fingerprint density at radius 1 is 1.35 bits per heavy atom. The lowest BCUT2D eigenvalue weighted by Crippen LogP contribution is -2.08. The molecule has 0 bridgehead atoms. The van der Waals surface area contributed by atoms with Gasteiger partial charge in [0.25, 0.3) is 0 Å². The second-order valence-corrected chi connectivity index (χ2v) is 6.34. The molecule has 2 heterocycles. The molecular formula is C18H19N3O4S. The van der Waals surface area contributed by atoms with Crippen LogP contribution in [0.25, 0.3) is 11.0 Å². The Kier molecular flexibility index (Phi) is 4.25. The van der Waals surface area contributed by atoms with Gasteiger partial charge in [-0.05, 0) is 19.1 Å². The number of imidazole rings is 1. The zero-order valence-corrected chi connectivity index (χ0v) is 15.3. The summed E-state index contributed by atoms with van der Waals surface area (Å²) in [7, 11) is 0.283. The first-order valence-electron chi connectivity index (χ1n) is 9.14. The van der Waals surface area contributed by atoms with Crippen molar-refractivity contribution in [2.45, 2.75) is 17.8 Å². The van der Waals surface area contributed by atoms with E-state index < -0.39 is 13.0 Å². The number of aromatic nitrogens is 3. The Balaban J connectivity index is 1.79. The number of hydrogen-bond acceptors (Lipinski definition) is 7. The summed E-state index contributed by atoms with van der Waals surface area (Å²) >= 11 is 1.42. The number of methoxy groups -OCH3 is 3. The summed E-state index contributed by atoms with van der Waals surface area (Å²) in [5.74, 6) is 0.642. The highest BCUT2D eigenvalue weighted by atomic mass is 32.2. The minimum atomic E-state index is -2.51. The highest BCUT2D eigenvalue weighted by Gasteiger charge is 2.18. The number of thioether (sulfide) groups is 1. The average molecular weight is 376 g/mol. The van der Waals surface area contributed by atoms with Gasteiger partial charge in [-0.3, -0.25) is 4.98 Å². The molecule has 0 saturated carbocycles. The molecule has 0 unspecified atom stereocenters. The second-order valence-electron chi connectivity index (χ2n) is 5.38. The van der Waals surface area contributed by atoms with Crippen molar-refractivity contribution < 1.29 is 23.1 Å². The van der Waals surface area contributed by atoms with Gasteiger partial charge in [-0.2, -0.15) is 0 Å². The number of rotatable bonds is 6. The number of aromatic amines is 1. The fourth-order valence-corrected chi connectivity index (χ4v) is 3.44. The van der Waals surface area contributed by atoms with Gasteiger partial charge in [0.05, 0.1) is 42.1 Å². The number of carbonyl (C=O) groups is 1. The van der Waals surface area contributed by atoms with Gasteiger partial charge in [0.2, 0.25) is 0 Å². The molecule has 0 amide bonds. The van der Waals surface area contributed by atoms with E-state index in [0.29, 0.717) is 27.7 Å². The van der Waals surface area contributed by atoms with Crippen molar-refractivity contribution in [3.63, 3.8) is 0 Å². The third-order valence-electron chi connectivity index (χ3n) is 3.87. The molecule has 0 spiro atoms. The van der Waals surface area contributed by atoms with Crippen molar-refractivity contribution in [2.75, 3.05) is 21.3 Å². The maximum Gasteiger partial charge on any atom is 0.343 e. The summed E-state index contributed by atoms with van der Waals surface area (Å²) < 4.78 is 36.6. The van der Waals surface area contributed by atoms with Gasteiger partial charge < -0.3 is 19.2 Å². The Bertz CT molecular complexity index is 1050. The van der Waals surface area contributed by atoms with Crippen LogP contribution in [0, 0.1) is 6.92 Å². The molecule has 2 aromatic heterocycles. The number of pyridine rings is 1. The van der Waals surface area contributed by atoms with E-state index in [1.54, 1.807) is 18.2 Å². The molecule has 7 nitrogen and oxygen atoms in total. The Labute approximate surface area is 159 Å². The molecule has 0 radical (unpaired) electrons. The van der Waals surface area contributed by atoms with Gasteiger partial charge >= 0.3 is 5.97 Å².